The summed E-state index contributed by atoms with van der Waals surface area (Å²) in [4.78, 5) is 0. The van der Waals surface area contributed by atoms with E-state index >= 15 is 0 Å². The molecule has 2 heteroatoms. The summed E-state index contributed by atoms with van der Waals surface area (Å²) in [5, 5.41) is 2.57. The standard InChI is InChI=1S/C46H36FN/c47-34-9-5-8-31(27-34)30-18-20-35(21-19-30)48-42-16-4-2-11-39(42)45-37(13-7-17-43(45)48)36-12-6-15-41-44(36)38-10-1-3-14-40(38)46(41)32-23-28-22-29(25-32)26-33(46)24-28/h1-21,27-29,32-33H,22-26H2. The molecule has 1 nitrogen and oxygen atoms in total. The Labute approximate surface area is 280 Å². The third-order valence-electron chi connectivity index (χ3n) is 12.8. The predicted octanol–water partition coefficient (Wildman–Crippen LogP) is 12.0. The zero-order valence-electron chi connectivity index (χ0n) is 26.9. The molecule has 5 aliphatic carbocycles. The lowest BCUT2D eigenvalue weighted by molar-refractivity contribution is -0.0399. The molecule has 1 spiro atoms. The van der Waals surface area contributed by atoms with E-state index in [2.05, 4.69) is 114 Å². The van der Waals surface area contributed by atoms with Gasteiger partial charge in [0.25, 0.3) is 0 Å². The summed E-state index contributed by atoms with van der Waals surface area (Å²) in [6, 6.07) is 47.8. The lowest BCUT2D eigenvalue weighted by Gasteiger charge is -2.61. The molecule has 0 radical (unpaired) electrons. The number of para-hydroxylation sites is 1. The molecule has 232 valence electrons. The first-order valence-corrected chi connectivity index (χ1v) is 17.8. The third-order valence-corrected chi connectivity index (χ3v) is 12.8. The fourth-order valence-electron chi connectivity index (χ4n) is 11.4. The van der Waals surface area contributed by atoms with E-state index in [1.54, 1.807) is 23.3 Å². The molecule has 1 aromatic heterocycles. The molecule has 5 aliphatic rings. The molecule has 0 amide bonds. The van der Waals surface area contributed by atoms with E-state index in [9.17, 15) is 4.39 Å². The SMILES string of the molecule is Fc1cccc(-c2ccc(-n3c4ccccc4c4c(-c5cccc6c5-c5ccccc5C65C6CC7CC(C6)CC5C7)cccc43)cc2)c1. The van der Waals surface area contributed by atoms with Gasteiger partial charge in [0.1, 0.15) is 5.82 Å². The highest BCUT2D eigenvalue weighted by Gasteiger charge is 2.61. The van der Waals surface area contributed by atoms with Crippen molar-refractivity contribution in [2.75, 3.05) is 0 Å². The van der Waals surface area contributed by atoms with Crippen molar-refractivity contribution in [3.05, 3.63) is 150 Å². The predicted molar refractivity (Wildman–Crippen MR) is 195 cm³/mol. The van der Waals surface area contributed by atoms with Gasteiger partial charge in [0.05, 0.1) is 11.0 Å². The molecule has 0 N–H and O–H groups in total. The number of halogens is 1. The first kappa shape index (κ1) is 27.0. The van der Waals surface area contributed by atoms with Crippen molar-refractivity contribution in [2.24, 2.45) is 23.7 Å². The smallest absolute Gasteiger partial charge is 0.123 e. The van der Waals surface area contributed by atoms with Crippen molar-refractivity contribution in [3.63, 3.8) is 0 Å². The molecule has 0 aliphatic heterocycles. The van der Waals surface area contributed by atoms with Gasteiger partial charge in [-0.25, -0.2) is 4.39 Å². The third kappa shape index (κ3) is 3.51. The number of nitrogens with zero attached hydrogens (tertiary/aromatic N) is 1. The van der Waals surface area contributed by atoms with Crippen LogP contribution < -0.4 is 0 Å². The molecule has 0 saturated heterocycles. The average Bonchev–Trinajstić information content (AvgIpc) is 3.62. The monoisotopic (exact) mass is 621 g/mol. The molecule has 0 atom stereocenters. The molecule has 4 fully saturated rings. The highest BCUT2D eigenvalue weighted by molar-refractivity contribution is 6.17. The van der Waals surface area contributed by atoms with Gasteiger partial charge in [0.2, 0.25) is 0 Å². The van der Waals surface area contributed by atoms with Gasteiger partial charge in [0, 0.05) is 21.9 Å². The van der Waals surface area contributed by atoms with Crippen LogP contribution in [0.1, 0.15) is 43.2 Å². The van der Waals surface area contributed by atoms with Crippen molar-refractivity contribution in [2.45, 2.75) is 37.5 Å². The van der Waals surface area contributed by atoms with Crippen LogP contribution >= 0.6 is 0 Å². The van der Waals surface area contributed by atoms with Crippen LogP contribution in [0.5, 0.6) is 0 Å². The summed E-state index contributed by atoms with van der Waals surface area (Å²) in [6.07, 6.45) is 7.05. The van der Waals surface area contributed by atoms with Crippen LogP contribution in [0.4, 0.5) is 4.39 Å². The molecule has 12 rings (SSSR count). The Morgan fingerprint density at radius 3 is 1.98 bits per heavy atom. The second-order valence-electron chi connectivity index (χ2n) is 15.1. The fourth-order valence-corrected chi connectivity index (χ4v) is 11.4. The van der Waals surface area contributed by atoms with Crippen LogP contribution in [-0.2, 0) is 5.41 Å². The number of hydrogen-bond donors (Lipinski definition) is 0. The Bertz CT molecular complexity index is 2400. The van der Waals surface area contributed by atoms with Gasteiger partial charge in [-0.1, -0.05) is 97.1 Å². The van der Waals surface area contributed by atoms with Gasteiger partial charge in [-0.15, -0.1) is 0 Å². The summed E-state index contributed by atoms with van der Waals surface area (Å²) in [5.74, 6) is 3.15. The lowest BCUT2D eigenvalue weighted by atomic mass is 9.43. The molecule has 48 heavy (non-hydrogen) atoms. The van der Waals surface area contributed by atoms with Crippen LogP contribution in [0.2, 0.25) is 0 Å². The van der Waals surface area contributed by atoms with E-state index in [0.29, 0.717) is 0 Å². The van der Waals surface area contributed by atoms with Gasteiger partial charge < -0.3 is 4.57 Å². The number of fused-ring (bicyclic) bond motifs is 6. The minimum absolute atomic E-state index is 0.153. The van der Waals surface area contributed by atoms with Crippen LogP contribution in [0, 0.1) is 29.5 Å². The summed E-state index contributed by atoms with van der Waals surface area (Å²) in [5.41, 5.74) is 14.4. The molecule has 7 aromatic rings. The maximum absolute atomic E-state index is 14.0. The normalized spacial score (nSPS) is 24.9. The van der Waals surface area contributed by atoms with Crippen molar-refractivity contribution in [1.82, 2.24) is 4.57 Å². The molecule has 6 aromatic carbocycles. The Kier molecular flexibility index (Phi) is 5.52. The van der Waals surface area contributed by atoms with Crippen LogP contribution in [0.3, 0.4) is 0 Å². The second kappa shape index (κ2) is 9.80. The maximum Gasteiger partial charge on any atom is 0.123 e. The van der Waals surface area contributed by atoms with Crippen molar-refractivity contribution in [3.8, 4) is 39.1 Å². The van der Waals surface area contributed by atoms with Gasteiger partial charge in [-0.2, -0.15) is 0 Å². The van der Waals surface area contributed by atoms with Crippen LogP contribution in [0.15, 0.2) is 133 Å². The molecule has 0 unspecified atom stereocenters. The summed E-state index contributed by atoms with van der Waals surface area (Å²) < 4.78 is 16.4. The van der Waals surface area contributed by atoms with Gasteiger partial charge >= 0.3 is 0 Å². The number of aromatic nitrogens is 1. The van der Waals surface area contributed by atoms with E-state index in [0.717, 1.165) is 40.5 Å². The first-order chi connectivity index (χ1) is 23.7. The summed E-state index contributed by atoms with van der Waals surface area (Å²) in [7, 11) is 0. The minimum Gasteiger partial charge on any atom is -0.309 e. The van der Waals surface area contributed by atoms with Crippen molar-refractivity contribution >= 4 is 21.8 Å². The van der Waals surface area contributed by atoms with E-state index in [1.165, 1.54) is 82.2 Å². The van der Waals surface area contributed by atoms with Gasteiger partial charge in [-0.05, 0) is 137 Å². The zero-order valence-corrected chi connectivity index (χ0v) is 26.9. The highest BCUT2D eigenvalue weighted by Crippen LogP contribution is 2.70. The van der Waals surface area contributed by atoms with Crippen molar-refractivity contribution < 1.29 is 4.39 Å². The Morgan fingerprint density at radius 2 is 1.17 bits per heavy atom. The first-order valence-electron chi connectivity index (χ1n) is 17.8. The Hall–Kier alpha value is -4.95. The van der Waals surface area contributed by atoms with Crippen molar-refractivity contribution in [1.29, 1.82) is 0 Å². The highest BCUT2D eigenvalue weighted by atomic mass is 19.1. The van der Waals surface area contributed by atoms with Crippen LogP contribution in [0.25, 0.3) is 60.9 Å². The fraction of sp³-hybridized carbons (Fsp3) is 0.217. The number of hydrogen-bond acceptors (Lipinski definition) is 0. The van der Waals surface area contributed by atoms with Gasteiger partial charge in [0.15, 0.2) is 0 Å². The molecule has 1 heterocycles. The minimum atomic E-state index is -0.212. The maximum atomic E-state index is 14.0. The van der Waals surface area contributed by atoms with Gasteiger partial charge in [-0.3, -0.25) is 0 Å². The van der Waals surface area contributed by atoms with E-state index in [1.807, 2.05) is 6.07 Å². The summed E-state index contributed by atoms with van der Waals surface area (Å²) >= 11 is 0. The van der Waals surface area contributed by atoms with Crippen LogP contribution in [-0.4, -0.2) is 4.57 Å². The Balaban J connectivity index is 1.14. The molecule has 4 bridgehead atoms. The molecular formula is C46H36FN. The largest absolute Gasteiger partial charge is 0.309 e. The quantitative estimate of drug-likeness (QED) is 0.185. The number of rotatable bonds is 3. The zero-order chi connectivity index (χ0) is 31.6. The molecular weight excluding hydrogens is 586 g/mol. The molecule has 4 saturated carbocycles. The summed E-state index contributed by atoms with van der Waals surface area (Å²) in [6.45, 7) is 0. The number of benzene rings is 6. The van der Waals surface area contributed by atoms with E-state index in [-0.39, 0.29) is 11.2 Å². The second-order valence-corrected chi connectivity index (χ2v) is 15.1. The topological polar surface area (TPSA) is 4.93 Å². The average molecular weight is 622 g/mol. The van der Waals surface area contributed by atoms with E-state index < -0.39 is 0 Å². The van der Waals surface area contributed by atoms with E-state index in [4.69, 9.17) is 0 Å². The Morgan fingerprint density at radius 1 is 0.521 bits per heavy atom. The lowest BCUT2D eigenvalue weighted by Crippen LogP contribution is -2.55.